The summed E-state index contributed by atoms with van der Waals surface area (Å²) >= 11 is 5.92. The number of nitriles is 1. The molecule has 0 N–H and O–H groups in total. The predicted octanol–water partition coefficient (Wildman–Crippen LogP) is 3.04. The van der Waals surface area contributed by atoms with Gasteiger partial charge in [-0.25, -0.2) is 0 Å². The van der Waals surface area contributed by atoms with E-state index in [9.17, 15) is 10.1 Å². The first-order valence-electron chi connectivity index (χ1n) is 6.86. The van der Waals surface area contributed by atoms with Gasteiger partial charge in [-0.1, -0.05) is 11.6 Å². The number of hydrogen-bond donors (Lipinski definition) is 0. The fraction of sp³-hybridized carbons (Fsp3) is 0.500. The standard InChI is InChI=1S/C14H15ClN2O5/c15-14-11(17(18)19)7-10(9-16)8-12(14)20-5-6-22-13-3-1-2-4-21-13/h7-8,13H,1-6H2. The van der Waals surface area contributed by atoms with Crippen LogP contribution >= 0.6 is 11.6 Å². The molecule has 1 unspecified atom stereocenters. The highest BCUT2D eigenvalue weighted by Gasteiger charge is 2.19. The van der Waals surface area contributed by atoms with Gasteiger partial charge < -0.3 is 14.2 Å². The van der Waals surface area contributed by atoms with Gasteiger partial charge in [-0.05, 0) is 25.3 Å². The van der Waals surface area contributed by atoms with E-state index in [0.717, 1.165) is 25.3 Å². The maximum Gasteiger partial charge on any atom is 0.293 e. The van der Waals surface area contributed by atoms with Crippen LogP contribution < -0.4 is 4.74 Å². The van der Waals surface area contributed by atoms with Crippen molar-refractivity contribution in [3.8, 4) is 11.8 Å². The van der Waals surface area contributed by atoms with E-state index in [4.69, 9.17) is 31.1 Å². The second-order valence-corrected chi connectivity index (χ2v) is 5.07. The maximum absolute atomic E-state index is 10.9. The van der Waals surface area contributed by atoms with E-state index in [1.807, 2.05) is 6.07 Å². The summed E-state index contributed by atoms with van der Waals surface area (Å²) in [7, 11) is 0. The van der Waals surface area contributed by atoms with Crippen LogP contribution in [0.3, 0.4) is 0 Å². The smallest absolute Gasteiger partial charge is 0.293 e. The Morgan fingerprint density at radius 1 is 1.45 bits per heavy atom. The Labute approximate surface area is 132 Å². The number of nitro benzene ring substituents is 1. The molecule has 7 nitrogen and oxygen atoms in total. The molecule has 118 valence electrons. The molecule has 0 radical (unpaired) electrons. The monoisotopic (exact) mass is 326 g/mol. The highest BCUT2D eigenvalue weighted by atomic mass is 35.5. The average molecular weight is 327 g/mol. The molecule has 1 heterocycles. The van der Waals surface area contributed by atoms with E-state index in [-0.39, 0.29) is 41.5 Å². The van der Waals surface area contributed by atoms with E-state index in [1.165, 1.54) is 6.07 Å². The molecule has 2 rings (SSSR count). The second-order valence-electron chi connectivity index (χ2n) is 4.69. The summed E-state index contributed by atoms with van der Waals surface area (Å²) in [6, 6.07) is 4.32. The summed E-state index contributed by atoms with van der Waals surface area (Å²) < 4.78 is 16.3. The third-order valence-corrected chi connectivity index (χ3v) is 3.51. The Balaban J connectivity index is 1.93. The first-order valence-corrected chi connectivity index (χ1v) is 7.23. The predicted molar refractivity (Wildman–Crippen MR) is 77.9 cm³/mol. The van der Waals surface area contributed by atoms with E-state index in [1.54, 1.807) is 0 Å². The van der Waals surface area contributed by atoms with Gasteiger partial charge in [0.2, 0.25) is 0 Å². The number of benzene rings is 1. The fourth-order valence-corrected chi connectivity index (χ4v) is 2.29. The molecule has 22 heavy (non-hydrogen) atoms. The highest BCUT2D eigenvalue weighted by Crippen LogP contribution is 2.35. The van der Waals surface area contributed by atoms with Gasteiger partial charge >= 0.3 is 0 Å². The number of nitro groups is 1. The van der Waals surface area contributed by atoms with Crippen LogP contribution in [0.4, 0.5) is 5.69 Å². The number of nitrogens with zero attached hydrogens (tertiary/aromatic N) is 2. The molecule has 1 saturated heterocycles. The normalized spacial score (nSPS) is 17.7. The molecule has 0 amide bonds. The van der Waals surface area contributed by atoms with Crippen molar-refractivity contribution in [1.82, 2.24) is 0 Å². The number of halogens is 1. The molecule has 1 aromatic rings. The van der Waals surface area contributed by atoms with Gasteiger partial charge in [0.05, 0.1) is 23.2 Å². The molecule has 1 aromatic carbocycles. The quantitative estimate of drug-likeness (QED) is 0.453. The summed E-state index contributed by atoms with van der Waals surface area (Å²) in [6.45, 7) is 1.12. The van der Waals surface area contributed by atoms with E-state index in [2.05, 4.69) is 0 Å². The van der Waals surface area contributed by atoms with Gasteiger partial charge in [0.1, 0.15) is 12.4 Å². The molecular weight excluding hydrogens is 312 g/mol. The van der Waals surface area contributed by atoms with Crippen LogP contribution in [0.5, 0.6) is 5.75 Å². The average Bonchev–Trinajstić information content (AvgIpc) is 2.53. The van der Waals surface area contributed by atoms with Crippen LogP contribution in [0.2, 0.25) is 5.02 Å². The Morgan fingerprint density at radius 3 is 2.91 bits per heavy atom. The summed E-state index contributed by atoms with van der Waals surface area (Å²) in [5.74, 6) is 0.0978. The third-order valence-electron chi connectivity index (χ3n) is 3.13. The molecule has 0 aliphatic carbocycles. The van der Waals surface area contributed by atoms with Gasteiger partial charge in [-0.3, -0.25) is 10.1 Å². The van der Waals surface area contributed by atoms with E-state index < -0.39 is 4.92 Å². The van der Waals surface area contributed by atoms with Crippen molar-refractivity contribution in [3.05, 3.63) is 32.8 Å². The van der Waals surface area contributed by atoms with Crippen LogP contribution in [0.1, 0.15) is 24.8 Å². The first kappa shape index (κ1) is 16.5. The lowest BCUT2D eigenvalue weighted by molar-refractivity contribution is -0.384. The Morgan fingerprint density at radius 2 is 2.27 bits per heavy atom. The van der Waals surface area contributed by atoms with Crippen molar-refractivity contribution < 1.29 is 19.1 Å². The molecule has 1 aliphatic heterocycles. The summed E-state index contributed by atoms with van der Waals surface area (Å²) in [5, 5.41) is 19.7. The minimum Gasteiger partial charge on any atom is -0.489 e. The van der Waals surface area contributed by atoms with E-state index in [0.29, 0.717) is 6.61 Å². The SMILES string of the molecule is N#Cc1cc(OCCOC2CCCCO2)c(Cl)c([N+](=O)[O-])c1. The topological polar surface area (TPSA) is 94.6 Å². The van der Waals surface area contributed by atoms with Crippen molar-refractivity contribution >= 4 is 17.3 Å². The molecule has 8 heteroatoms. The highest BCUT2D eigenvalue weighted by molar-refractivity contribution is 6.34. The zero-order valence-electron chi connectivity index (χ0n) is 11.8. The molecule has 1 aliphatic rings. The Hall–Kier alpha value is -1.88. The van der Waals surface area contributed by atoms with Crippen molar-refractivity contribution in [2.24, 2.45) is 0 Å². The molecular formula is C14H15ClN2O5. The lowest BCUT2D eigenvalue weighted by atomic mass is 10.2. The van der Waals surface area contributed by atoms with Gasteiger partial charge in [0.25, 0.3) is 5.69 Å². The van der Waals surface area contributed by atoms with E-state index >= 15 is 0 Å². The van der Waals surface area contributed by atoms with Crippen LogP contribution in [-0.4, -0.2) is 31.0 Å². The molecule has 0 saturated carbocycles. The van der Waals surface area contributed by atoms with Gasteiger partial charge in [0.15, 0.2) is 11.3 Å². The van der Waals surface area contributed by atoms with Crippen molar-refractivity contribution in [3.63, 3.8) is 0 Å². The molecule has 0 bridgehead atoms. The number of ether oxygens (including phenoxy) is 3. The Bertz CT molecular complexity index is 581. The Kier molecular flexibility index (Phi) is 5.95. The lowest BCUT2D eigenvalue weighted by Crippen LogP contribution is -2.24. The summed E-state index contributed by atoms with van der Waals surface area (Å²) in [5.41, 5.74) is -0.241. The molecule has 1 atom stereocenters. The summed E-state index contributed by atoms with van der Waals surface area (Å²) in [6.07, 6.45) is 2.72. The largest absolute Gasteiger partial charge is 0.489 e. The van der Waals surface area contributed by atoms with Crippen LogP contribution in [0, 0.1) is 21.4 Å². The van der Waals surface area contributed by atoms with Crippen molar-refractivity contribution in [1.29, 1.82) is 5.26 Å². The van der Waals surface area contributed by atoms with Gasteiger partial charge in [-0.2, -0.15) is 5.26 Å². The molecule has 1 fully saturated rings. The lowest BCUT2D eigenvalue weighted by Gasteiger charge is -2.22. The molecule has 0 spiro atoms. The zero-order chi connectivity index (χ0) is 15.9. The second kappa shape index (κ2) is 7.94. The van der Waals surface area contributed by atoms with Crippen LogP contribution in [0.15, 0.2) is 12.1 Å². The summed E-state index contributed by atoms with van der Waals surface area (Å²) in [4.78, 5) is 10.2. The van der Waals surface area contributed by atoms with Crippen LogP contribution in [-0.2, 0) is 9.47 Å². The van der Waals surface area contributed by atoms with Gasteiger partial charge in [0, 0.05) is 12.7 Å². The van der Waals surface area contributed by atoms with Crippen LogP contribution in [0.25, 0.3) is 0 Å². The number of rotatable bonds is 6. The minimum atomic E-state index is -0.650. The molecule has 0 aromatic heterocycles. The fourth-order valence-electron chi connectivity index (χ4n) is 2.06. The first-order chi connectivity index (χ1) is 10.6. The zero-order valence-corrected chi connectivity index (χ0v) is 12.5. The third kappa shape index (κ3) is 4.31. The van der Waals surface area contributed by atoms with Crippen molar-refractivity contribution in [2.75, 3.05) is 19.8 Å². The maximum atomic E-state index is 10.9. The van der Waals surface area contributed by atoms with Gasteiger partial charge in [-0.15, -0.1) is 0 Å². The number of hydrogen-bond acceptors (Lipinski definition) is 6. The van der Waals surface area contributed by atoms with Crippen molar-refractivity contribution in [2.45, 2.75) is 25.6 Å². The minimum absolute atomic E-state index is 0.0978.